The van der Waals surface area contributed by atoms with Crippen LogP contribution < -0.4 is 0 Å². The molecular weight excluding hydrogens is 238 g/mol. The topological polar surface area (TPSA) is 29.5 Å². The molecule has 0 aromatic heterocycles. The molecule has 0 unspecified atom stereocenters. The van der Waals surface area contributed by atoms with Gasteiger partial charge < -0.3 is 4.74 Å². The third-order valence-electron chi connectivity index (χ3n) is 3.64. The van der Waals surface area contributed by atoms with Crippen molar-refractivity contribution in [3.63, 3.8) is 0 Å². The van der Waals surface area contributed by atoms with Crippen LogP contribution in [0.2, 0.25) is 0 Å². The first-order chi connectivity index (χ1) is 9.08. The predicted octanol–water partition coefficient (Wildman–Crippen LogP) is 3.40. The van der Waals surface area contributed by atoms with E-state index in [0.29, 0.717) is 19.1 Å². The lowest BCUT2D eigenvalue weighted by molar-refractivity contribution is -0.145. The Bertz CT molecular complexity index is 289. The van der Waals surface area contributed by atoms with E-state index in [0.717, 1.165) is 25.9 Å². The summed E-state index contributed by atoms with van der Waals surface area (Å²) in [5.41, 5.74) is 1.38. The summed E-state index contributed by atoms with van der Waals surface area (Å²) in [4.78, 5) is 13.8. The fraction of sp³-hybridized carbons (Fsp3) is 0.812. The highest BCUT2D eigenvalue weighted by atomic mass is 16.5. The molecule has 1 rings (SSSR count). The second-order valence-electron chi connectivity index (χ2n) is 5.96. The zero-order chi connectivity index (χ0) is 14.1. The second kappa shape index (κ2) is 9.13. The van der Waals surface area contributed by atoms with E-state index in [2.05, 4.69) is 31.7 Å². The van der Waals surface area contributed by atoms with Crippen molar-refractivity contribution < 1.29 is 9.53 Å². The fourth-order valence-corrected chi connectivity index (χ4v) is 2.34. The molecule has 0 saturated carbocycles. The van der Waals surface area contributed by atoms with Crippen LogP contribution in [0.3, 0.4) is 0 Å². The Morgan fingerprint density at radius 3 is 2.58 bits per heavy atom. The van der Waals surface area contributed by atoms with Gasteiger partial charge in [-0.15, -0.1) is 0 Å². The van der Waals surface area contributed by atoms with Crippen LogP contribution in [-0.4, -0.2) is 37.1 Å². The van der Waals surface area contributed by atoms with Gasteiger partial charge in [-0.3, -0.25) is 9.69 Å². The zero-order valence-corrected chi connectivity index (χ0v) is 12.8. The number of ether oxygens (including phenoxy) is 1. The standard InChI is InChI=1S/C16H29NO2/c1-14(2)7-6-8-15(3)9-12-19-16(18)13-17-10-4-5-11-17/h7,15H,4-6,8-13H2,1-3H3/t15-/m1/s1. The molecule has 1 atom stereocenters. The SMILES string of the molecule is CC(C)=CCC[C@@H](C)CCOC(=O)CN1CCCC1. The van der Waals surface area contributed by atoms with Gasteiger partial charge in [0.15, 0.2) is 0 Å². The molecule has 19 heavy (non-hydrogen) atoms. The average Bonchev–Trinajstić information content (AvgIpc) is 2.81. The third-order valence-corrected chi connectivity index (χ3v) is 3.64. The molecule has 0 bridgehead atoms. The number of carbonyl (C=O) groups excluding carboxylic acids is 1. The number of allylic oxidation sites excluding steroid dienone is 2. The summed E-state index contributed by atoms with van der Waals surface area (Å²) >= 11 is 0. The van der Waals surface area contributed by atoms with Crippen LogP contribution in [0.1, 0.15) is 52.9 Å². The van der Waals surface area contributed by atoms with Gasteiger partial charge in [0.05, 0.1) is 13.2 Å². The first kappa shape index (κ1) is 16.2. The van der Waals surface area contributed by atoms with Gasteiger partial charge in [0.25, 0.3) is 0 Å². The minimum Gasteiger partial charge on any atom is -0.465 e. The number of hydrogen-bond donors (Lipinski definition) is 0. The molecule has 1 aliphatic rings. The summed E-state index contributed by atoms with van der Waals surface area (Å²) < 4.78 is 5.31. The molecule has 0 N–H and O–H groups in total. The fourth-order valence-electron chi connectivity index (χ4n) is 2.34. The monoisotopic (exact) mass is 267 g/mol. The highest BCUT2D eigenvalue weighted by Crippen LogP contribution is 2.12. The van der Waals surface area contributed by atoms with Crippen molar-refractivity contribution in [2.24, 2.45) is 5.92 Å². The van der Waals surface area contributed by atoms with Crippen molar-refractivity contribution >= 4 is 5.97 Å². The van der Waals surface area contributed by atoms with Crippen molar-refractivity contribution in [1.82, 2.24) is 4.90 Å². The van der Waals surface area contributed by atoms with E-state index in [4.69, 9.17) is 4.74 Å². The van der Waals surface area contributed by atoms with Crippen LogP contribution in [0.4, 0.5) is 0 Å². The van der Waals surface area contributed by atoms with Crippen LogP contribution >= 0.6 is 0 Å². The van der Waals surface area contributed by atoms with E-state index in [-0.39, 0.29) is 5.97 Å². The van der Waals surface area contributed by atoms with Crippen molar-refractivity contribution in [2.75, 3.05) is 26.2 Å². The number of nitrogens with zero attached hydrogens (tertiary/aromatic N) is 1. The largest absolute Gasteiger partial charge is 0.465 e. The molecule has 3 nitrogen and oxygen atoms in total. The van der Waals surface area contributed by atoms with E-state index >= 15 is 0 Å². The molecule has 0 spiro atoms. The van der Waals surface area contributed by atoms with Gasteiger partial charge in [-0.2, -0.15) is 0 Å². The van der Waals surface area contributed by atoms with Gasteiger partial charge in [-0.05, 0) is 65.0 Å². The van der Waals surface area contributed by atoms with Crippen LogP contribution in [0.5, 0.6) is 0 Å². The number of hydrogen-bond acceptors (Lipinski definition) is 3. The second-order valence-corrected chi connectivity index (χ2v) is 5.96. The van der Waals surface area contributed by atoms with Crippen LogP contribution in [0.15, 0.2) is 11.6 Å². The molecule has 1 fully saturated rings. The number of carbonyl (C=O) groups is 1. The molecular formula is C16H29NO2. The van der Waals surface area contributed by atoms with Gasteiger partial charge >= 0.3 is 5.97 Å². The van der Waals surface area contributed by atoms with Gasteiger partial charge in [-0.1, -0.05) is 18.6 Å². The minimum absolute atomic E-state index is 0.0570. The molecule has 0 radical (unpaired) electrons. The average molecular weight is 267 g/mol. The van der Waals surface area contributed by atoms with E-state index < -0.39 is 0 Å². The maximum absolute atomic E-state index is 11.6. The number of rotatable bonds is 8. The quantitative estimate of drug-likeness (QED) is 0.498. The van der Waals surface area contributed by atoms with Gasteiger partial charge in [0.1, 0.15) is 0 Å². The van der Waals surface area contributed by atoms with Crippen molar-refractivity contribution in [3.8, 4) is 0 Å². The summed E-state index contributed by atoms with van der Waals surface area (Å²) in [5, 5.41) is 0. The maximum atomic E-state index is 11.6. The highest BCUT2D eigenvalue weighted by Gasteiger charge is 2.15. The van der Waals surface area contributed by atoms with Gasteiger partial charge in [0, 0.05) is 0 Å². The summed E-state index contributed by atoms with van der Waals surface area (Å²) in [5.74, 6) is 0.564. The van der Waals surface area contributed by atoms with Crippen LogP contribution in [0, 0.1) is 5.92 Å². The predicted molar refractivity (Wildman–Crippen MR) is 79.1 cm³/mol. The Labute approximate surface area is 118 Å². The molecule has 0 aliphatic carbocycles. The Morgan fingerprint density at radius 2 is 1.95 bits per heavy atom. The molecule has 0 amide bonds. The third kappa shape index (κ3) is 8.04. The zero-order valence-electron chi connectivity index (χ0n) is 12.8. The lowest BCUT2D eigenvalue weighted by Gasteiger charge is -2.14. The number of likely N-dealkylation sites (tertiary alicyclic amines) is 1. The lowest BCUT2D eigenvalue weighted by atomic mass is 10.0. The normalized spacial score (nSPS) is 17.2. The van der Waals surface area contributed by atoms with Gasteiger partial charge in [-0.25, -0.2) is 0 Å². The molecule has 0 aromatic carbocycles. The first-order valence-electron chi connectivity index (χ1n) is 7.59. The van der Waals surface area contributed by atoms with E-state index in [1.807, 2.05) is 0 Å². The highest BCUT2D eigenvalue weighted by molar-refractivity contribution is 5.71. The Morgan fingerprint density at radius 1 is 1.26 bits per heavy atom. The first-order valence-corrected chi connectivity index (χ1v) is 7.59. The summed E-state index contributed by atoms with van der Waals surface area (Å²) in [6.07, 6.45) is 7.99. The van der Waals surface area contributed by atoms with Crippen molar-refractivity contribution in [3.05, 3.63) is 11.6 Å². The van der Waals surface area contributed by atoms with Crippen molar-refractivity contribution in [1.29, 1.82) is 0 Å². The molecule has 110 valence electrons. The molecule has 1 saturated heterocycles. The summed E-state index contributed by atoms with van der Waals surface area (Å²) in [6, 6.07) is 0. The van der Waals surface area contributed by atoms with E-state index in [1.165, 1.54) is 24.8 Å². The summed E-state index contributed by atoms with van der Waals surface area (Å²) in [7, 11) is 0. The minimum atomic E-state index is -0.0570. The maximum Gasteiger partial charge on any atom is 0.320 e. The Balaban J connectivity index is 2.02. The van der Waals surface area contributed by atoms with Gasteiger partial charge in [0.2, 0.25) is 0 Å². The van der Waals surface area contributed by atoms with Crippen LogP contribution in [-0.2, 0) is 9.53 Å². The van der Waals surface area contributed by atoms with E-state index in [9.17, 15) is 4.79 Å². The Kier molecular flexibility index (Phi) is 7.80. The van der Waals surface area contributed by atoms with Crippen molar-refractivity contribution in [2.45, 2.75) is 52.9 Å². The smallest absolute Gasteiger partial charge is 0.320 e. The molecule has 1 aliphatic heterocycles. The van der Waals surface area contributed by atoms with Crippen LogP contribution in [0.25, 0.3) is 0 Å². The molecule has 1 heterocycles. The Hall–Kier alpha value is -0.830. The lowest BCUT2D eigenvalue weighted by Crippen LogP contribution is -2.28. The molecule has 3 heteroatoms. The number of esters is 1. The van der Waals surface area contributed by atoms with E-state index in [1.54, 1.807) is 0 Å². The summed E-state index contributed by atoms with van der Waals surface area (Å²) in [6.45, 7) is 9.64. The molecule has 0 aromatic rings.